The van der Waals surface area contributed by atoms with Crippen LogP contribution < -0.4 is 5.32 Å². The second-order valence-electron chi connectivity index (χ2n) is 5.58. The van der Waals surface area contributed by atoms with Crippen LogP contribution in [0.25, 0.3) is 0 Å². The minimum atomic E-state index is -0.188. The maximum Gasteiger partial charge on any atom is 0.243 e. The van der Waals surface area contributed by atoms with Crippen molar-refractivity contribution in [1.29, 1.82) is 0 Å². The topological polar surface area (TPSA) is 49.4 Å². The van der Waals surface area contributed by atoms with Gasteiger partial charge < -0.3 is 10.2 Å². The quantitative estimate of drug-likeness (QED) is 0.782. The number of rotatable bonds is 7. The van der Waals surface area contributed by atoms with Gasteiger partial charge in [-0.05, 0) is 42.7 Å². The molecule has 0 aromatic heterocycles. The standard InChI is InChI=1S/C19H21BrN2O2/c1-15(23)22(13-5-8-16-6-3-2-4-7-16)14-19(24)21-18-11-9-17(20)10-12-18/h2-4,6-7,9-12H,5,8,13-14H2,1H3,(H,21,24). The van der Waals surface area contributed by atoms with Crippen molar-refractivity contribution < 1.29 is 9.59 Å². The van der Waals surface area contributed by atoms with Gasteiger partial charge in [0.05, 0.1) is 6.54 Å². The molecule has 0 saturated heterocycles. The third-order valence-corrected chi connectivity index (χ3v) is 4.17. The van der Waals surface area contributed by atoms with Gasteiger partial charge in [-0.3, -0.25) is 9.59 Å². The molecule has 24 heavy (non-hydrogen) atoms. The van der Waals surface area contributed by atoms with Crippen molar-refractivity contribution >= 4 is 33.4 Å². The molecule has 2 rings (SSSR count). The molecule has 0 aliphatic rings. The van der Waals surface area contributed by atoms with Gasteiger partial charge in [0.25, 0.3) is 0 Å². The second-order valence-corrected chi connectivity index (χ2v) is 6.50. The Morgan fingerprint density at radius 1 is 1.04 bits per heavy atom. The number of aryl methyl sites for hydroxylation is 1. The molecule has 0 unspecified atom stereocenters. The maximum atomic E-state index is 12.1. The number of amides is 2. The zero-order valence-corrected chi connectivity index (χ0v) is 15.3. The molecule has 0 fully saturated rings. The Labute approximate surface area is 151 Å². The molecule has 2 aromatic carbocycles. The second kappa shape index (κ2) is 9.23. The first-order valence-corrected chi connectivity index (χ1v) is 8.69. The van der Waals surface area contributed by atoms with Crippen molar-refractivity contribution in [3.8, 4) is 0 Å². The molecule has 0 radical (unpaired) electrons. The van der Waals surface area contributed by atoms with Crippen molar-refractivity contribution in [2.45, 2.75) is 19.8 Å². The van der Waals surface area contributed by atoms with E-state index < -0.39 is 0 Å². The number of hydrogen-bond donors (Lipinski definition) is 1. The molecule has 0 saturated carbocycles. The van der Waals surface area contributed by atoms with E-state index in [9.17, 15) is 9.59 Å². The highest BCUT2D eigenvalue weighted by molar-refractivity contribution is 9.10. The summed E-state index contributed by atoms with van der Waals surface area (Å²) in [4.78, 5) is 25.5. The Morgan fingerprint density at radius 3 is 2.33 bits per heavy atom. The molecule has 2 amide bonds. The molecule has 0 atom stereocenters. The highest BCUT2D eigenvalue weighted by Gasteiger charge is 2.13. The molecule has 1 N–H and O–H groups in total. The van der Waals surface area contributed by atoms with Gasteiger partial charge in [-0.2, -0.15) is 0 Å². The van der Waals surface area contributed by atoms with E-state index in [2.05, 4.69) is 33.4 Å². The van der Waals surface area contributed by atoms with Gasteiger partial charge in [0.2, 0.25) is 11.8 Å². The van der Waals surface area contributed by atoms with Crippen LogP contribution in [-0.4, -0.2) is 29.8 Å². The molecule has 0 aliphatic heterocycles. The molecule has 126 valence electrons. The van der Waals surface area contributed by atoms with Gasteiger partial charge in [-0.15, -0.1) is 0 Å². The third-order valence-electron chi connectivity index (χ3n) is 3.64. The predicted octanol–water partition coefficient (Wildman–Crippen LogP) is 3.87. The van der Waals surface area contributed by atoms with Crippen molar-refractivity contribution in [3.63, 3.8) is 0 Å². The summed E-state index contributed by atoms with van der Waals surface area (Å²) in [6.07, 6.45) is 1.72. The molecular formula is C19H21BrN2O2. The zero-order chi connectivity index (χ0) is 17.4. The third kappa shape index (κ3) is 6.16. The van der Waals surface area contributed by atoms with E-state index >= 15 is 0 Å². The fraction of sp³-hybridized carbons (Fsp3) is 0.263. The van der Waals surface area contributed by atoms with Gasteiger partial charge in [0.15, 0.2) is 0 Å². The summed E-state index contributed by atoms with van der Waals surface area (Å²) in [7, 11) is 0. The van der Waals surface area contributed by atoms with Crippen LogP contribution in [0.2, 0.25) is 0 Å². The van der Waals surface area contributed by atoms with E-state index in [0.717, 1.165) is 23.0 Å². The fourth-order valence-corrected chi connectivity index (χ4v) is 2.64. The highest BCUT2D eigenvalue weighted by Crippen LogP contribution is 2.14. The van der Waals surface area contributed by atoms with Crippen LogP contribution in [0.15, 0.2) is 59.1 Å². The first-order chi connectivity index (χ1) is 11.5. The van der Waals surface area contributed by atoms with Gasteiger partial charge in [0, 0.05) is 23.6 Å². The van der Waals surface area contributed by atoms with E-state index in [0.29, 0.717) is 6.54 Å². The maximum absolute atomic E-state index is 12.1. The van der Waals surface area contributed by atoms with Crippen molar-refractivity contribution in [1.82, 2.24) is 4.90 Å². The SMILES string of the molecule is CC(=O)N(CCCc1ccccc1)CC(=O)Nc1ccc(Br)cc1. The number of halogens is 1. The van der Waals surface area contributed by atoms with Crippen LogP contribution in [0, 0.1) is 0 Å². The highest BCUT2D eigenvalue weighted by atomic mass is 79.9. The number of benzene rings is 2. The number of nitrogens with one attached hydrogen (secondary N) is 1. The molecule has 2 aromatic rings. The van der Waals surface area contributed by atoms with Gasteiger partial charge >= 0.3 is 0 Å². The summed E-state index contributed by atoms with van der Waals surface area (Å²) in [6, 6.07) is 17.5. The minimum Gasteiger partial charge on any atom is -0.334 e. The monoisotopic (exact) mass is 388 g/mol. The Bertz CT molecular complexity index is 672. The van der Waals surface area contributed by atoms with E-state index in [4.69, 9.17) is 0 Å². The molecule has 4 nitrogen and oxygen atoms in total. The number of nitrogens with zero attached hydrogens (tertiary/aromatic N) is 1. The molecule has 0 heterocycles. The van der Waals surface area contributed by atoms with E-state index in [1.54, 1.807) is 4.90 Å². The molecule has 0 bridgehead atoms. The van der Waals surface area contributed by atoms with Crippen molar-refractivity contribution in [2.24, 2.45) is 0 Å². The average Bonchev–Trinajstić information content (AvgIpc) is 2.57. The number of carbonyl (C=O) groups excluding carboxylic acids is 2. The lowest BCUT2D eigenvalue weighted by molar-refractivity contribution is -0.132. The van der Waals surface area contributed by atoms with E-state index in [1.807, 2.05) is 42.5 Å². The van der Waals surface area contributed by atoms with Gasteiger partial charge in [-0.1, -0.05) is 46.3 Å². The van der Waals surface area contributed by atoms with Gasteiger partial charge in [0.1, 0.15) is 0 Å². The number of anilines is 1. The van der Waals surface area contributed by atoms with Crippen LogP contribution in [-0.2, 0) is 16.0 Å². The van der Waals surface area contributed by atoms with Crippen LogP contribution >= 0.6 is 15.9 Å². The summed E-state index contributed by atoms with van der Waals surface area (Å²) >= 11 is 3.35. The van der Waals surface area contributed by atoms with E-state index in [-0.39, 0.29) is 18.4 Å². The largest absolute Gasteiger partial charge is 0.334 e. The Kier molecular flexibility index (Phi) is 7.00. The van der Waals surface area contributed by atoms with E-state index in [1.165, 1.54) is 12.5 Å². The normalized spacial score (nSPS) is 10.2. The first-order valence-electron chi connectivity index (χ1n) is 7.89. The smallest absolute Gasteiger partial charge is 0.243 e. The lowest BCUT2D eigenvalue weighted by atomic mass is 10.1. The lowest BCUT2D eigenvalue weighted by Crippen LogP contribution is -2.37. The Morgan fingerprint density at radius 2 is 1.71 bits per heavy atom. The summed E-state index contributed by atoms with van der Waals surface area (Å²) < 4.78 is 0.951. The molecule has 0 spiro atoms. The molecule has 0 aliphatic carbocycles. The number of hydrogen-bond acceptors (Lipinski definition) is 2. The molecular weight excluding hydrogens is 368 g/mol. The van der Waals surface area contributed by atoms with Crippen LogP contribution in [0.4, 0.5) is 5.69 Å². The summed E-state index contributed by atoms with van der Waals surface area (Å²) in [6.45, 7) is 2.13. The predicted molar refractivity (Wildman–Crippen MR) is 99.8 cm³/mol. The zero-order valence-electron chi connectivity index (χ0n) is 13.7. The molecule has 5 heteroatoms. The van der Waals surface area contributed by atoms with Gasteiger partial charge in [-0.25, -0.2) is 0 Å². The van der Waals surface area contributed by atoms with Crippen LogP contribution in [0.5, 0.6) is 0 Å². The Hall–Kier alpha value is -2.14. The lowest BCUT2D eigenvalue weighted by Gasteiger charge is -2.20. The summed E-state index contributed by atoms with van der Waals surface area (Å²) in [5.74, 6) is -0.277. The summed E-state index contributed by atoms with van der Waals surface area (Å²) in [5.41, 5.74) is 1.95. The van der Waals surface area contributed by atoms with Crippen LogP contribution in [0.3, 0.4) is 0 Å². The van der Waals surface area contributed by atoms with Crippen molar-refractivity contribution in [3.05, 3.63) is 64.6 Å². The van der Waals surface area contributed by atoms with Crippen molar-refractivity contribution in [2.75, 3.05) is 18.4 Å². The van der Waals surface area contributed by atoms with Crippen LogP contribution in [0.1, 0.15) is 18.9 Å². The minimum absolute atomic E-state index is 0.0696. The first kappa shape index (κ1) is 18.2. The fourth-order valence-electron chi connectivity index (χ4n) is 2.37. The number of carbonyl (C=O) groups is 2. The Balaban J connectivity index is 1.82. The average molecular weight is 389 g/mol. The summed E-state index contributed by atoms with van der Waals surface area (Å²) in [5, 5.41) is 2.81.